The van der Waals surface area contributed by atoms with Gasteiger partial charge in [-0.1, -0.05) is 6.07 Å². The third kappa shape index (κ3) is 2.52. The first kappa shape index (κ1) is 17.7. The maximum Gasteiger partial charge on any atom is 0.252 e. The lowest BCUT2D eigenvalue weighted by atomic mass is 9.91. The molecule has 1 aromatic carbocycles. The molecule has 0 unspecified atom stereocenters. The summed E-state index contributed by atoms with van der Waals surface area (Å²) in [6.07, 6.45) is 3.89. The Balaban J connectivity index is 1.69. The van der Waals surface area contributed by atoms with E-state index in [1.165, 1.54) is 0 Å². The summed E-state index contributed by atoms with van der Waals surface area (Å²) in [5, 5.41) is 8.64. The Hall–Kier alpha value is -3.41. The summed E-state index contributed by atoms with van der Waals surface area (Å²) < 4.78 is 1.90. The van der Waals surface area contributed by atoms with Crippen LogP contribution in [0.3, 0.4) is 0 Å². The summed E-state index contributed by atoms with van der Waals surface area (Å²) in [4.78, 5) is 20.2. The smallest absolute Gasteiger partial charge is 0.252 e. The molecule has 0 aliphatic carbocycles. The number of rotatable bonds is 2. The normalized spacial score (nSPS) is 15.0. The van der Waals surface area contributed by atoms with E-state index in [9.17, 15) is 4.79 Å². The lowest BCUT2D eigenvalue weighted by Crippen LogP contribution is -2.32. The van der Waals surface area contributed by atoms with E-state index in [4.69, 9.17) is 0 Å². The second-order valence-corrected chi connectivity index (χ2v) is 8.33. The van der Waals surface area contributed by atoms with Gasteiger partial charge < -0.3 is 10.3 Å². The average molecular weight is 385 g/mol. The van der Waals surface area contributed by atoms with Crippen LogP contribution in [-0.2, 0) is 12.6 Å². The van der Waals surface area contributed by atoms with Gasteiger partial charge in [-0.2, -0.15) is 5.10 Å². The molecule has 3 aromatic heterocycles. The van der Waals surface area contributed by atoms with Crippen LogP contribution in [0.15, 0.2) is 36.7 Å². The third-order valence-electron chi connectivity index (χ3n) is 6.00. The van der Waals surface area contributed by atoms with Gasteiger partial charge in [0.2, 0.25) is 0 Å². The number of aromatic nitrogens is 4. The Morgan fingerprint density at radius 2 is 1.86 bits per heavy atom. The molecule has 4 heterocycles. The molecule has 29 heavy (non-hydrogen) atoms. The molecule has 0 atom stereocenters. The predicted octanol–water partition coefficient (Wildman–Crippen LogP) is 4.23. The molecule has 146 valence electrons. The Labute approximate surface area is 169 Å². The van der Waals surface area contributed by atoms with E-state index in [0.717, 1.165) is 55.8 Å². The van der Waals surface area contributed by atoms with Gasteiger partial charge in [-0.3, -0.25) is 9.48 Å². The van der Waals surface area contributed by atoms with Crippen LogP contribution in [0.5, 0.6) is 0 Å². The number of carbonyl (C=O) groups is 1. The van der Waals surface area contributed by atoms with Crippen molar-refractivity contribution in [1.82, 2.24) is 25.1 Å². The van der Waals surface area contributed by atoms with Crippen LogP contribution >= 0.6 is 0 Å². The summed E-state index contributed by atoms with van der Waals surface area (Å²) in [6.45, 7) is 8.16. The molecular weight excluding hydrogens is 362 g/mol. The highest BCUT2D eigenvalue weighted by molar-refractivity contribution is 6.02. The number of fused-ring (bicyclic) bond motifs is 2. The molecule has 5 rings (SSSR count). The fourth-order valence-electron chi connectivity index (χ4n) is 4.42. The van der Waals surface area contributed by atoms with Crippen molar-refractivity contribution in [1.29, 1.82) is 0 Å². The number of pyridine rings is 1. The first-order valence-electron chi connectivity index (χ1n) is 9.71. The van der Waals surface area contributed by atoms with Crippen molar-refractivity contribution in [2.45, 2.75) is 33.2 Å². The van der Waals surface area contributed by atoms with Crippen LogP contribution in [0.1, 0.15) is 41.2 Å². The van der Waals surface area contributed by atoms with Crippen molar-refractivity contribution < 1.29 is 4.79 Å². The van der Waals surface area contributed by atoms with Crippen molar-refractivity contribution in [2.24, 2.45) is 7.05 Å². The lowest BCUT2D eigenvalue weighted by Gasteiger charge is -2.19. The van der Waals surface area contributed by atoms with E-state index < -0.39 is 0 Å². The molecule has 4 aromatic rings. The molecule has 0 saturated heterocycles. The molecular formula is C23H23N5O. The zero-order chi connectivity index (χ0) is 20.5. The summed E-state index contributed by atoms with van der Waals surface area (Å²) in [5.41, 5.74) is 8.68. The zero-order valence-corrected chi connectivity index (χ0v) is 17.2. The van der Waals surface area contributed by atoms with Crippen LogP contribution in [0.25, 0.3) is 33.3 Å². The van der Waals surface area contributed by atoms with Gasteiger partial charge in [0.05, 0.1) is 11.2 Å². The first-order valence-corrected chi connectivity index (χ1v) is 9.71. The van der Waals surface area contributed by atoms with Crippen molar-refractivity contribution in [3.8, 4) is 22.3 Å². The molecule has 0 saturated carbocycles. The number of nitrogens with zero attached hydrogens (tertiary/aromatic N) is 3. The van der Waals surface area contributed by atoms with Gasteiger partial charge in [-0.15, -0.1) is 0 Å². The number of aromatic amines is 1. The SMILES string of the molecule is Cc1nn(C)c(C)c1-c1cnc2[nH]cc(-c3ccc4c(c3)C(C)(C)NC4=O)c2c1. The summed E-state index contributed by atoms with van der Waals surface area (Å²) in [7, 11) is 1.96. The highest BCUT2D eigenvalue weighted by Gasteiger charge is 2.35. The Kier molecular flexibility index (Phi) is 3.53. The Morgan fingerprint density at radius 1 is 1.07 bits per heavy atom. The quantitative estimate of drug-likeness (QED) is 0.542. The standard InChI is InChI=1S/C23H23N5O/c1-12-20(13(2)28(5)27-12)15-8-17-18(11-25-21(17)24-10-15)14-6-7-16-19(9-14)23(3,4)26-22(16)29/h6-11H,1-5H3,(H,24,25)(H,26,29). The Morgan fingerprint density at radius 3 is 2.59 bits per heavy atom. The van der Waals surface area contributed by atoms with Crippen LogP contribution < -0.4 is 5.32 Å². The summed E-state index contributed by atoms with van der Waals surface area (Å²) >= 11 is 0. The van der Waals surface area contributed by atoms with Crippen molar-refractivity contribution in [2.75, 3.05) is 0 Å². The summed E-state index contributed by atoms with van der Waals surface area (Å²) in [5.74, 6) is -0.0121. The molecule has 2 N–H and O–H groups in total. The third-order valence-corrected chi connectivity index (χ3v) is 6.00. The molecule has 1 amide bonds. The molecule has 6 heteroatoms. The molecule has 6 nitrogen and oxygen atoms in total. The molecule has 1 aliphatic rings. The van der Waals surface area contributed by atoms with Gasteiger partial charge in [-0.25, -0.2) is 4.98 Å². The minimum atomic E-state index is -0.373. The fraction of sp³-hybridized carbons (Fsp3) is 0.261. The van der Waals surface area contributed by atoms with Gasteiger partial charge in [0, 0.05) is 52.8 Å². The average Bonchev–Trinajstić information content (AvgIpc) is 3.27. The lowest BCUT2D eigenvalue weighted by molar-refractivity contribution is 0.0940. The van der Waals surface area contributed by atoms with Crippen LogP contribution in [0, 0.1) is 13.8 Å². The maximum atomic E-state index is 12.2. The molecule has 0 radical (unpaired) electrons. The van der Waals surface area contributed by atoms with Crippen LogP contribution in [0.4, 0.5) is 0 Å². The van der Waals surface area contributed by atoms with Gasteiger partial charge in [0.25, 0.3) is 5.91 Å². The van der Waals surface area contributed by atoms with Crippen molar-refractivity contribution in [3.05, 3.63) is 59.2 Å². The largest absolute Gasteiger partial charge is 0.346 e. The van der Waals surface area contributed by atoms with Crippen LogP contribution in [0.2, 0.25) is 0 Å². The number of benzene rings is 1. The topological polar surface area (TPSA) is 75.6 Å². The highest BCUT2D eigenvalue weighted by Crippen LogP contribution is 2.37. The number of H-pyrrole nitrogens is 1. The molecule has 0 bridgehead atoms. The highest BCUT2D eigenvalue weighted by atomic mass is 16.2. The van der Waals surface area contributed by atoms with E-state index in [-0.39, 0.29) is 11.4 Å². The molecule has 0 fully saturated rings. The summed E-state index contributed by atoms with van der Waals surface area (Å²) in [6, 6.07) is 8.21. The van der Waals surface area contributed by atoms with E-state index in [0.29, 0.717) is 0 Å². The second kappa shape index (κ2) is 5.80. The minimum Gasteiger partial charge on any atom is -0.346 e. The Bertz CT molecular complexity index is 1310. The monoisotopic (exact) mass is 385 g/mol. The van der Waals surface area contributed by atoms with E-state index in [2.05, 4.69) is 39.4 Å². The number of nitrogens with one attached hydrogen (secondary N) is 2. The molecule has 1 aliphatic heterocycles. The van der Waals surface area contributed by atoms with Crippen molar-refractivity contribution in [3.63, 3.8) is 0 Å². The van der Waals surface area contributed by atoms with E-state index in [1.54, 1.807) is 0 Å². The number of carbonyl (C=O) groups excluding carboxylic acids is 1. The number of amides is 1. The number of hydrogen-bond acceptors (Lipinski definition) is 3. The second-order valence-electron chi connectivity index (χ2n) is 8.33. The number of hydrogen-bond donors (Lipinski definition) is 2. The van der Waals surface area contributed by atoms with E-state index in [1.807, 2.05) is 57.0 Å². The number of aryl methyl sites for hydroxylation is 2. The van der Waals surface area contributed by atoms with Gasteiger partial charge in [-0.05, 0) is 57.0 Å². The van der Waals surface area contributed by atoms with Crippen molar-refractivity contribution >= 4 is 16.9 Å². The van der Waals surface area contributed by atoms with Crippen LogP contribution in [-0.4, -0.2) is 25.7 Å². The van der Waals surface area contributed by atoms with E-state index >= 15 is 0 Å². The van der Waals surface area contributed by atoms with Gasteiger partial charge in [0.1, 0.15) is 5.65 Å². The minimum absolute atomic E-state index is 0.0121. The van der Waals surface area contributed by atoms with Gasteiger partial charge >= 0.3 is 0 Å². The zero-order valence-electron chi connectivity index (χ0n) is 17.2. The fourth-order valence-corrected chi connectivity index (χ4v) is 4.42. The first-order chi connectivity index (χ1) is 13.8. The molecule has 0 spiro atoms. The maximum absolute atomic E-state index is 12.2. The predicted molar refractivity (Wildman–Crippen MR) is 114 cm³/mol. The van der Waals surface area contributed by atoms with Gasteiger partial charge in [0.15, 0.2) is 0 Å².